The van der Waals surface area contributed by atoms with Gasteiger partial charge in [0.25, 0.3) is 5.56 Å². The van der Waals surface area contributed by atoms with E-state index in [1.54, 1.807) is 0 Å². The summed E-state index contributed by atoms with van der Waals surface area (Å²) in [6.07, 6.45) is 10.2. The molecule has 2 N–H and O–H groups in total. The first-order valence-electron chi connectivity index (χ1n) is 13.0. The second kappa shape index (κ2) is 15.7. The maximum absolute atomic E-state index is 12.3. The SMILES string of the molecule is CC(C)=CCC/C(C)=C/COC[C@H]1O[C@@H](n2ccc(=O)[nH]c2=O)[C@H](O)[C@@H]1OC/C=C(\C)CCC=C(C)C. The van der Waals surface area contributed by atoms with Crippen LogP contribution in [0.5, 0.6) is 0 Å². The van der Waals surface area contributed by atoms with Crippen LogP contribution in [0, 0.1) is 0 Å². The van der Waals surface area contributed by atoms with Gasteiger partial charge in [-0.15, -0.1) is 0 Å². The molecule has 0 unspecified atom stereocenters. The number of aliphatic hydroxyl groups excluding tert-OH is 1. The van der Waals surface area contributed by atoms with E-state index in [-0.39, 0.29) is 6.61 Å². The summed E-state index contributed by atoms with van der Waals surface area (Å²) in [5, 5.41) is 11.0. The molecule has 0 saturated carbocycles. The minimum atomic E-state index is -1.11. The first-order chi connectivity index (χ1) is 17.6. The van der Waals surface area contributed by atoms with Crippen LogP contribution in [0.15, 0.2) is 68.4 Å². The van der Waals surface area contributed by atoms with E-state index in [2.05, 4.69) is 58.7 Å². The zero-order valence-corrected chi connectivity index (χ0v) is 23.2. The fraction of sp³-hybridized carbons (Fsp3) is 0.586. The number of hydrogen-bond acceptors (Lipinski definition) is 6. The van der Waals surface area contributed by atoms with E-state index in [1.807, 2.05) is 12.2 Å². The van der Waals surface area contributed by atoms with Gasteiger partial charge in [0.2, 0.25) is 0 Å². The van der Waals surface area contributed by atoms with Gasteiger partial charge in [-0.2, -0.15) is 0 Å². The van der Waals surface area contributed by atoms with Crippen LogP contribution in [0.1, 0.15) is 73.5 Å². The number of nitrogens with zero attached hydrogens (tertiary/aromatic N) is 1. The monoisotopic (exact) mass is 516 g/mol. The van der Waals surface area contributed by atoms with Crippen molar-refractivity contribution in [3.05, 3.63) is 79.7 Å². The van der Waals surface area contributed by atoms with E-state index in [4.69, 9.17) is 14.2 Å². The molecule has 1 aromatic heterocycles. The van der Waals surface area contributed by atoms with E-state index in [0.717, 1.165) is 25.7 Å². The smallest absolute Gasteiger partial charge is 0.330 e. The van der Waals surface area contributed by atoms with Gasteiger partial charge in [0.1, 0.15) is 18.3 Å². The summed E-state index contributed by atoms with van der Waals surface area (Å²) in [5.41, 5.74) is 3.87. The molecular weight excluding hydrogens is 472 g/mol. The number of aromatic amines is 1. The lowest BCUT2D eigenvalue weighted by Gasteiger charge is -2.20. The molecule has 8 heteroatoms. The predicted octanol–water partition coefficient (Wildman–Crippen LogP) is 4.58. The maximum atomic E-state index is 12.3. The molecule has 2 rings (SSSR count). The largest absolute Gasteiger partial charge is 0.386 e. The fourth-order valence-electron chi connectivity index (χ4n) is 3.99. The van der Waals surface area contributed by atoms with E-state index < -0.39 is 35.8 Å². The third-order valence-corrected chi connectivity index (χ3v) is 6.17. The summed E-state index contributed by atoms with van der Waals surface area (Å²) in [4.78, 5) is 26.0. The number of ether oxygens (including phenoxy) is 3. The van der Waals surface area contributed by atoms with Crippen molar-refractivity contribution in [2.75, 3.05) is 19.8 Å². The highest BCUT2D eigenvalue weighted by molar-refractivity contribution is 5.04. The number of aromatic nitrogens is 2. The molecule has 2 heterocycles. The molecule has 1 aliphatic rings. The lowest BCUT2D eigenvalue weighted by Crippen LogP contribution is -2.39. The Kier molecular flexibility index (Phi) is 13.0. The van der Waals surface area contributed by atoms with E-state index >= 15 is 0 Å². The number of rotatable bonds is 14. The van der Waals surface area contributed by atoms with Crippen molar-refractivity contribution in [2.45, 2.75) is 91.8 Å². The Bertz CT molecular complexity index is 1090. The zero-order chi connectivity index (χ0) is 27.4. The molecule has 0 radical (unpaired) electrons. The molecule has 8 nitrogen and oxygen atoms in total. The first kappa shape index (κ1) is 30.7. The Morgan fingerprint density at radius 3 is 2.14 bits per heavy atom. The van der Waals surface area contributed by atoms with Crippen LogP contribution in [0.3, 0.4) is 0 Å². The second-order valence-corrected chi connectivity index (χ2v) is 10.1. The Morgan fingerprint density at radius 1 is 0.973 bits per heavy atom. The molecule has 1 aromatic rings. The molecule has 206 valence electrons. The summed E-state index contributed by atoms with van der Waals surface area (Å²) >= 11 is 0. The van der Waals surface area contributed by atoms with Crippen LogP contribution in [0.4, 0.5) is 0 Å². The summed E-state index contributed by atoms with van der Waals surface area (Å²) in [6.45, 7) is 13.4. The van der Waals surface area contributed by atoms with Gasteiger partial charge in [-0.25, -0.2) is 4.79 Å². The molecule has 4 atom stereocenters. The molecule has 37 heavy (non-hydrogen) atoms. The quantitative estimate of drug-likeness (QED) is 0.277. The van der Waals surface area contributed by atoms with Gasteiger partial charge in [0, 0.05) is 12.3 Å². The van der Waals surface area contributed by atoms with Gasteiger partial charge in [-0.1, -0.05) is 46.6 Å². The van der Waals surface area contributed by atoms with Crippen LogP contribution in [0.25, 0.3) is 0 Å². The third-order valence-electron chi connectivity index (χ3n) is 6.17. The minimum absolute atomic E-state index is 0.192. The number of nitrogens with one attached hydrogen (secondary N) is 1. The summed E-state index contributed by atoms with van der Waals surface area (Å²) < 4.78 is 19.1. The van der Waals surface area contributed by atoms with Crippen LogP contribution in [0.2, 0.25) is 0 Å². The van der Waals surface area contributed by atoms with Gasteiger partial charge in [0.05, 0.1) is 19.8 Å². The van der Waals surface area contributed by atoms with E-state index in [1.165, 1.54) is 39.1 Å². The maximum Gasteiger partial charge on any atom is 0.330 e. The summed E-state index contributed by atoms with van der Waals surface area (Å²) in [7, 11) is 0. The van der Waals surface area contributed by atoms with Gasteiger partial charge in [0.15, 0.2) is 6.23 Å². The zero-order valence-electron chi connectivity index (χ0n) is 23.2. The number of hydrogen-bond donors (Lipinski definition) is 2. The minimum Gasteiger partial charge on any atom is -0.386 e. The van der Waals surface area contributed by atoms with Crippen LogP contribution in [-0.4, -0.2) is 52.8 Å². The average Bonchev–Trinajstić information content (AvgIpc) is 3.11. The average molecular weight is 517 g/mol. The predicted molar refractivity (Wildman–Crippen MR) is 147 cm³/mol. The normalized spacial score (nSPS) is 22.2. The second-order valence-electron chi connectivity index (χ2n) is 10.1. The first-order valence-corrected chi connectivity index (χ1v) is 13.0. The number of aliphatic hydroxyl groups is 1. The Morgan fingerprint density at radius 2 is 1.57 bits per heavy atom. The van der Waals surface area contributed by atoms with Crippen molar-refractivity contribution in [3.8, 4) is 0 Å². The molecule has 1 aliphatic heterocycles. The summed E-state index contributed by atoms with van der Waals surface area (Å²) in [6, 6.07) is 1.22. The van der Waals surface area contributed by atoms with Crippen LogP contribution < -0.4 is 11.2 Å². The Balaban J connectivity index is 2.04. The van der Waals surface area contributed by atoms with Gasteiger partial charge < -0.3 is 19.3 Å². The lowest BCUT2D eigenvalue weighted by atomic mass is 10.1. The lowest BCUT2D eigenvalue weighted by molar-refractivity contribution is -0.0710. The van der Waals surface area contributed by atoms with Crippen molar-refractivity contribution in [1.29, 1.82) is 0 Å². The summed E-state index contributed by atoms with van der Waals surface area (Å²) in [5.74, 6) is 0. The van der Waals surface area contributed by atoms with Gasteiger partial charge >= 0.3 is 5.69 Å². The van der Waals surface area contributed by atoms with E-state index in [0.29, 0.717) is 13.2 Å². The van der Waals surface area contributed by atoms with Crippen molar-refractivity contribution >= 4 is 0 Å². The Hall–Kier alpha value is -2.52. The highest BCUT2D eigenvalue weighted by Crippen LogP contribution is 2.31. The van der Waals surface area contributed by atoms with Crippen molar-refractivity contribution in [2.24, 2.45) is 0 Å². The van der Waals surface area contributed by atoms with Gasteiger partial charge in [-0.3, -0.25) is 14.3 Å². The number of H-pyrrole nitrogens is 1. The highest BCUT2D eigenvalue weighted by atomic mass is 16.6. The molecule has 1 saturated heterocycles. The topological polar surface area (TPSA) is 103 Å². The molecule has 1 fully saturated rings. The molecule has 0 amide bonds. The fourth-order valence-corrected chi connectivity index (χ4v) is 3.99. The number of allylic oxidation sites excluding steroid dienone is 6. The molecule has 0 aromatic carbocycles. The molecule has 0 spiro atoms. The van der Waals surface area contributed by atoms with Crippen molar-refractivity contribution in [3.63, 3.8) is 0 Å². The third kappa shape index (κ3) is 10.8. The highest BCUT2D eigenvalue weighted by Gasteiger charge is 2.45. The Labute approximate surface area is 220 Å². The molecular formula is C29H44N2O6. The molecule has 0 bridgehead atoms. The van der Waals surface area contributed by atoms with E-state index in [9.17, 15) is 14.7 Å². The standard InChI is InChI=1S/C29H44N2O6/c1-20(2)9-7-11-22(5)14-17-35-19-24-27(36-18-15-23(6)12-8-10-21(3)4)26(33)28(37-24)31-16-13-25(32)30-29(31)34/h9-10,13-16,24,26-28,33H,7-8,11-12,17-19H2,1-6H3,(H,30,32,34)/b22-14+,23-15+/t24-,26-,27-,28-/m1/s1. The van der Waals surface area contributed by atoms with Crippen LogP contribution in [-0.2, 0) is 14.2 Å². The van der Waals surface area contributed by atoms with Crippen LogP contribution >= 0.6 is 0 Å². The molecule has 0 aliphatic carbocycles. The van der Waals surface area contributed by atoms with Gasteiger partial charge in [-0.05, 0) is 67.2 Å². The van der Waals surface area contributed by atoms with Crippen molar-refractivity contribution < 1.29 is 19.3 Å². The van der Waals surface area contributed by atoms with Crippen molar-refractivity contribution in [1.82, 2.24) is 9.55 Å².